The van der Waals surface area contributed by atoms with Crippen LogP contribution in [0.5, 0.6) is 0 Å². The van der Waals surface area contributed by atoms with E-state index in [1.807, 2.05) is 28.8 Å². The number of hydrogen-bond acceptors (Lipinski definition) is 3. The Morgan fingerprint density at radius 3 is 2.82 bits per heavy atom. The Labute approximate surface area is 131 Å². The van der Waals surface area contributed by atoms with Crippen LogP contribution in [0, 0.1) is 5.92 Å². The van der Waals surface area contributed by atoms with Crippen LogP contribution >= 0.6 is 0 Å². The molecular formula is C17H25N3O2. The number of carbonyl (C=O) groups is 1. The molecule has 0 radical (unpaired) electrons. The van der Waals surface area contributed by atoms with E-state index in [-0.39, 0.29) is 5.91 Å². The van der Waals surface area contributed by atoms with Crippen LogP contribution in [-0.4, -0.2) is 35.7 Å². The van der Waals surface area contributed by atoms with Gasteiger partial charge in [-0.3, -0.25) is 4.79 Å². The number of aromatic nitrogens is 2. The number of nitrogens with zero attached hydrogens (tertiary/aromatic N) is 2. The van der Waals surface area contributed by atoms with E-state index < -0.39 is 0 Å². The summed E-state index contributed by atoms with van der Waals surface area (Å²) in [6.07, 6.45) is 1.93. The molecule has 22 heavy (non-hydrogen) atoms. The molecule has 5 heteroatoms. The van der Waals surface area contributed by atoms with Crippen LogP contribution in [0.15, 0.2) is 24.3 Å². The highest BCUT2D eigenvalue weighted by molar-refractivity contribution is 5.94. The maximum Gasteiger partial charge on any atom is 0.287 e. The van der Waals surface area contributed by atoms with Crippen LogP contribution in [0.25, 0.3) is 11.0 Å². The summed E-state index contributed by atoms with van der Waals surface area (Å²) in [5.74, 6) is 0.819. The second kappa shape index (κ2) is 7.94. The van der Waals surface area contributed by atoms with Crippen molar-refractivity contribution in [2.24, 2.45) is 5.92 Å². The number of carbonyl (C=O) groups excluding carboxylic acids is 1. The molecule has 1 aromatic heterocycles. The fourth-order valence-corrected chi connectivity index (χ4v) is 2.37. The minimum absolute atomic E-state index is 0.100. The summed E-state index contributed by atoms with van der Waals surface area (Å²) in [7, 11) is 1.71. The Kier molecular flexibility index (Phi) is 5.95. The molecule has 1 heterocycles. The van der Waals surface area contributed by atoms with E-state index in [1.165, 1.54) is 0 Å². The molecule has 0 saturated heterocycles. The molecule has 0 saturated carbocycles. The zero-order valence-corrected chi connectivity index (χ0v) is 13.6. The van der Waals surface area contributed by atoms with Crippen LogP contribution in [0.2, 0.25) is 0 Å². The molecule has 0 aliphatic rings. The van der Waals surface area contributed by atoms with E-state index in [4.69, 9.17) is 4.74 Å². The molecule has 1 N–H and O–H groups in total. The summed E-state index contributed by atoms with van der Waals surface area (Å²) in [6, 6.07) is 7.88. The number of nitrogens with one attached hydrogen (secondary N) is 1. The average Bonchev–Trinajstić information content (AvgIpc) is 2.88. The summed E-state index contributed by atoms with van der Waals surface area (Å²) in [5, 5.41) is 2.95. The van der Waals surface area contributed by atoms with E-state index in [1.54, 1.807) is 7.11 Å². The van der Waals surface area contributed by atoms with Crippen molar-refractivity contribution >= 4 is 16.9 Å². The highest BCUT2D eigenvalue weighted by Gasteiger charge is 2.17. The third-order valence-electron chi connectivity index (χ3n) is 3.51. The predicted octanol–water partition coefficient (Wildman–Crippen LogP) is 2.85. The SMILES string of the molecule is COCCCCn1c(C(=O)NCC(C)C)nc2ccccc21. The van der Waals surface area contributed by atoms with Crippen molar-refractivity contribution in [3.8, 4) is 0 Å². The molecule has 1 aromatic carbocycles. The van der Waals surface area contributed by atoms with Gasteiger partial charge >= 0.3 is 0 Å². The number of fused-ring (bicyclic) bond motifs is 1. The van der Waals surface area contributed by atoms with Gasteiger partial charge < -0.3 is 14.6 Å². The number of rotatable bonds is 8. The average molecular weight is 303 g/mol. The molecule has 1 amide bonds. The quantitative estimate of drug-likeness (QED) is 0.763. The molecule has 0 spiro atoms. The summed E-state index contributed by atoms with van der Waals surface area (Å²) in [5.41, 5.74) is 1.87. The van der Waals surface area contributed by atoms with Gasteiger partial charge in [0.25, 0.3) is 5.91 Å². The van der Waals surface area contributed by atoms with Gasteiger partial charge in [-0.05, 0) is 30.9 Å². The third kappa shape index (κ3) is 4.07. The van der Waals surface area contributed by atoms with Crippen LogP contribution in [-0.2, 0) is 11.3 Å². The molecular weight excluding hydrogens is 278 g/mol. The van der Waals surface area contributed by atoms with Gasteiger partial charge in [0.1, 0.15) is 0 Å². The van der Waals surface area contributed by atoms with Crippen molar-refractivity contribution in [3.05, 3.63) is 30.1 Å². The fraction of sp³-hybridized carbons (Fsp3) is 0.529. The maximum atomic E-state index is 12.4. The lowest BCUT2D eigenvalue weighted by molar-refractivity contribution is 0.0934. The van der Waals surface area contributed by atoms with Gasteiger partial charge in [0, 0.05) is 26.8 Å². The first-order valence-corrected chi connectivity index (χ1v) is 7.86. The first-order chi connectivity index (χ1) is 10.6. The van der Waals surface area contributed by atoms with Crippen LogP contribution in [0.3, 0.4) is 0 Å². The molecule has 0 unspecified atom stereocenters. The summed E-state index contributed by atoms with van der Waals surface area (Å²) in [6.45, 7) is 6.32. The van der Waals surface area contributed by atoms with Crippen molar-refractivity contribution in [1.82, 2.24) is 14.9 Å². The first kappa shape index (κ1) is 16.5. The normalized spacial score (nSPS) is 11.3. The Balaban J connectivity index is 2.21. The lowest BCUT2D eigenvalue weighted by Gasteiger charge is -2.10. The zero-order valence-electron chi connectivity index (χ0n) is 13.6. The fourth-order valence-electron chi connectivity index (χ4n) is 2.37. The number of unbranched alkanes of at least 4 members (excludes halogenated alkanes) is 1. The summed E-state index contributed by atoms with van der Waals surface area (Å²) < 4.78 is 7.10. The lowest BCUT2D eigenvalue weighted by Crippen LogP contribution is -2.30. The highest BCUT2D eigenvalue weighted by atomic mass is 16.5. The molecule has 2 aromatic rings. The van der Waals surface area contributed by atoms with Gasteiger partial charge in [-0.2, -0.15) is 0 Å². The number of amides is 1. The maximum absolute atomic E-state index is 12.4. The Bertz CT molecular complexity index is 619. The van der Waals surface area contributed by atoms with Gasteiger partial charge in [-0.1, -0.05) is 26.0 Å². The zero-order chi connectivity index (χ0) is 15.9. The Morgan fingerprint density at radius 2 is 2.09 bits per heavy atom. The molecule has 120 valence electrons. The van der Waals surface area contributed by atoms with E-state index in [0.29, 0.717) is 18.3 Å². The molecule has 0 atom stereocenters. The second-order valence-corrected chi connectivity index (χ2v) is 5.88. The van der Waals surface area contributed by atoms with Gasteiger partial charge in [0.05, 0.1) is 11.0 Å². The molecule has 0 fully saturated rings. The van der Waals surface area contributed by atoms with E-state index in [0.717, 1.165) is 37.0 Å². The Morgan fingerprint density at radius 1 is 1.32 bits per heavy atom. The van der Waals surface area contributed by atoms with Crippen molar-refractivity contribution < 1.29 is 9.53 Å². The van der Waals surface area contributed by atoms with Crippen LogP contribution in [0.4, 0.5) is 0 Å². The molecule has 5 nitrogen and oxygen atoms in total. The number of ether oxygens (including phenoxy) is 1. The topological polar surface area (TPSA) is 56.1 Å². The molecule has 0 aliphatic carbocycles. The largest absolute Gasteiger partial charge is 0.385 e. The predicted molar refractivity (Wildman–Crippen MR) is 88.0 cm³/mol. The number of imidazole rings is 1. The molecule has 2 rings (SSSR count). The van der Waals surface area contributed by atoms with E-state index in [9.17, 15) is 4.79 Å². The van der Waals surface area contributed by atoms with E-state index >= 15 is 0 Å². The number of benzene rings is 1. The number of hydrogen-bond donors (Lipinski definition) is 1. The van der Waals surface area contributed by atoms with Gasteiger partial charge in [-0.25, -0.2) is 4.98 Å². The second-order valence-electron chi connectivity index (χ2n) is 5.88. The van der Waals surface area contributed by atoms with Crippen molar-refractivity contribution in [2.45, 2.75) is 33.2 Å². The number of aryl methyl sites for hydroxylation is 1. The summed E-state index contributed by atoms with van der Waals surface area (Å²) >= 11 is 0. The summed E-state index contributed by atoms with van der Waals surface area (Å²) in [4.78, 5) is 16.9. The molecule has 0 bridgehead atoms. The minimum atomic E-state index is -0.100. The lowest BCUT2D eigenvalue weighted by atomic mass is 10.2. The van der Waals surface area contributed by atoms with Crippen LogP contribution in [0.1, 0.15) is 37.3 Å². The van der Waals surface area contributed by atoms with Crippen molar-refractivity contribution in [1.29, 1.82) is 0 Å². The first-order valence-electron chi connectivity index (χ1n) is 7.86. The Hall–Kier alpha value is -1.88. The minimum Gasteiger partial charge on any atom is -0.385 e. The third-order valence-corrected chi connectivity index (χ3v) is 3.51. The molecule has 0 aliphatic heterocycles. The van der Waals surface area contributed by atoms with Gasteiger partial charge in [-0.15, -0.1) is 0 Å². The highest BCUT2D eigenvalue weighted by Crippen LogP contribution is 2.17. The van der Waals surface area contributed by atoms with Crippen molar-refractivity contribution in [3.63, 3.8) is 0 Å². The standard InChI is InChI=1S/C17H25N3O2/c1-13(2)12-18-17(21)16-19-14-8-4-5-9-15(14)20(16)10-6-7-11-22-3/h4-5,8-9,13H,6-7,10-12H2,1-3H3,(H,18,21). The van der Waals surface area contributed by atoms with Crippen LogP contribution < -0.4 is 5.32 Å². The van der Waals surface area contributed by atoms with Gasteiger partial charge in [0.2, 0.25) is 0 Å². The van der Waals surface area contributed by atoms with E-state index in [2.05, 4.69) is 24.1 Å². The van der Waals surface area contributed by atoms with Gasteiger partial charge in [0.15, 0.2) is 5.82 Å². The number of para-hydroxylation sites is 2. The monoisotopic (exact) mass is 303 g/mol. The van der Waals surface area contributed by atoms with Crippen molar-refractivity contribution in [2.75, 3.05) is 20.3 Å². The number of methoxy groups -OCH3 is 1. The smallest absolute Gasteiger partial charge is 0.287 e.